The van der Waals surface area contributed by atoms with Gasteiger partial charge in [0, 0.05) is 5.38 Å². The number of benzene rings is 1. The summed E-state index contributed by atoms with van der Waals surface area (Å²) >= 11 is 1.27. The Morgan fingerprint density at radius 3 is 2.75 bits per heavy atom. The number of hydrogen-bond donors (Lipinski definition) is 3. The van der Waals surface area contributed by atoms with E-state index in [1.54, 1.807) is 5.38 Å². The molecule has 2 amide bonds. The highest BCUT2D eigenvalue weighted by Gasteiger charge is 2.17. The molecule has 0 saturated carbocycles. The number of amides is 2. The van der Waals surface area contributed by atoms with Gasteiger partial charge in [-0.1, -0.05) is 37.1 Å². The molecule has 28 heavy (non-hydrogen) atoms. The number of urea groups is 1. The Morgan fingerprint density at radius 2 is 2.11 bits per heavy atom. The second kappa shape index (κ2) is 9.18. The van der Waals surface area contributed by atoms with Gasteiger partial charge in [-0.05, 0) is 35.5 Å². The van der Waals surface area contributed by atoms with Crippen molar-refractivity contribution in [3.63, 3.8) is 0 Å². The van der Waals surface area contributed by atoms with E-state index in [4.69, 9.17) is 13.0 Å². The second-order valence-corrected chi connectivity index (χ2v) is 7.24. The normalized spacial score (nSPS) is 14.7. The number of carbonyl (C=O) groups is 1. The van der Waals surface area contributed by atoms with Crippen LogP contribution in [0.1, 0.15) is 47.9 Å². The first-order valence-electron chi connectivity index (χ1n) is 8.95. The van der Waals surface area contributed by atoms with Crippen molar-refractivity contribution in [3.8, 4) is 12.3 Å². The molecule has 142 valence electrons. The highest BCUT2D eigenvalue weighted by atomic mass is 32.1. The van der Waals surface area contributed by atoms with Gasteiger partial charge in [-0.3, -0.25) is 5.32 Å². The number of aromatic nitrogens is 1. The summed E-state index contributed by atoms with van der Waals surface area (Å²) < 4.78 is 0. The molecular weight excluding hydrogens is 372 g/mol. The molecule has 3 N–H and O–H groups in total. The van der Waals surface area contributed by atoms with Crippen molar-refractivity contribution in [2.45, 2.75) is 31.7 Å². The van der Waals surface area contributed by atoms with Crippen molar-refractivity contribution in [1.82, 2.24) is 10.3 Å². The van der Waals surface area contributed by atoms with Crippen molar-refractivity contribution >= 4 is 28.8 Å². The largest absolute Gasteiger partial charge is 0.394 e. The van der Waals surface area contributed by atoms with Crippen molar-refractivity contribution < 1.29 is 9.90 Å². The summed E-state index contributed by atoms with van der Waals surface area (Å²) in [5, 5.41) is 17.2. The molecule has 7 heteroatoms. The van der Waals surface area contributed by atoms with E-state index in [1.165, 1.54) is 11.3 Å². The lowest BCUT2D eigenvalue weighted by Crippen LogP contribution is -2.34. The van der Waals surface area contributed by atoms with Crippen LogP contribution in [0.2, 0.25) is 0 Å². The first-order valence-corrected chi connectivity index (χ1v) is 9.83. The molecule has 0 radical (unpaired) electrons. The van der Waals surface area contributed by atoms with Crippen LogP contribution in [0.25, 0.3) is 10.4 Å². The first-order chi connectivity index (χ1) is 13.6. The zero-order valence-electron chi connectivity index (χ0n) is 15.2. The van der Waals surface area contributed by atoms with Crippen molar-refractivity contribution in [2.24, 2.45) is 0 Å². The summed E-state index contributed by atoms with van der Waals surface area (Å²) in [6.07, 6.45) is 9.17. The average Bonchev–Trinajstić information content (AvgIpc) is 3.19. The number of aliphatic hydroxyl groups excluding tert-OH is 1. The summed E-state index contributed by atoms with van der Waals surface area (Å²) in [5.41, 5.74) is 3.75. The average molecular weight is 392 g/mol. The predicted octanol–water partition coefficient (Wildman–Crippen LogP) is 4.18. The highest BCUT2D eigenvalue weighted by molar-refractivity contribution is 7.10. The summed E-state index contributed by atoms with van der Waals surface area (Å²) in [7, 11) is 0. The Kier molecular flexibility index (Phi) is 6.44. The molecule has 1 aromatic heterocycles. The van der Waals surface area contributed by atoms with Gasteiger partial charge in [0.2, 0.25) is 0 Å². The lowest BCUT2D eigenvalue weighted by molar-refractivity contribution is 0.225. The van der Waals surface area contributed by atoms with Gasteiger partial charge in [0.25, 0.3) is 0 Å². The molecule has 0 fully saturated rings. The third kappa shape index (κ3) is 4.58. The number of thiazole rings is 1. The van der Waals surface area contributed by atoms with Crippen LogP contribution in [0.15, 0.2) is 35.3 Å². The van der Waals surface area contributed by atoms with Gasteiger partial charge >= 0.3 is 6.03 Å². The van der Waals surface area contributed by atoms with E-state index in [1.807, 2.05) is 24.3 Å². The summed E-state index contributed by atoms with van der Waals surface area (Å²) in [5.74, 6) is 2.79. The van der Waals surface area contributed by atoms with Gasteiger partial charge in [-0.25, -0.2) is 14.6 Å². The lowest BCUT2D eigenvalue weighted by atomic mass is 9.90. The van der Waals surface area contributed by atoms with Crippen molar-refractivity contribution in [3.05, 3.63) is 62.9 Å². The number of nitrogens with one attached hydrogen (secondary N) is 2. The monoisotopic (exact) mass is 392 g/mol. The van der Waals surface area contributed by atoms with Gasteiger partial charge in [0.05, 0.1) is 19.2 Å². The number of aliphatic hydroxyl groups is 1. The number of nitrogens with zero attached hydrogens (tertiary/aromatic N) is 2. The van der Waals surface area contributed by atoms with Crippen LogP contribution in [0, 0.1) is 18.9 Å². The van der Waals surface area contributed by atoms with E-state index in [2.05, 4.69) is 26.4 Å². The predicted molar refractivity (Wildman–Crippen MR) is 110 cm³/mol. The van der Waals surface area contributed by atoms with E-state index in [0.717, 1.165) is 48.1 Å². The number of terminal acetylenes is 1. The SMILES string of the molecule is [C-]#[N+]C1=C(c2ccc([C@H](CO)NC(=O)Nc3csc(C#C)n3)cc2)CCCC1. The van der Waals surface area contributed by atoms with Crippen LogP contribution >= 0.6 is 11.3 Å². The smallest absolute Gasteiger partial charge is 0.320 e. The van der Waals surface area contributed by atoms with Gasteiger partial charge < -0.3 is 10.4 Å². The Balaban J connectivity index is 1.69. The van der Waals surface area contributed by atoms with Gasteiger partial charge in [0.1, 0.15) is 5.82 Å². The zero-order chi connectivity index (χ0) is 19.9. The minimum absolute atomic E-state index is 0.241. The Labute approximate surface area is 168 Å². The first kappa shape index (κ1) is 19.6. The maximum absolute atomic E-state index is 12.2. The standard InChI is InChI=1S/C21H20N4O2S/c1-3-20-24-19(13-28-20)25-21(27)23-18(12-26)15-10-8-14(9-11-15)16-6-4-5-7-17(16)22-2/h1,8-11,13,18,26H,4-7,12H2,(H2,23,25,27)/t18-/m0/s1. The van der Waals surface area contributed by atoms with Crippen LogP contribution in [0.5, 0.6) is 0 Å². The fourth-order valence-corrected chi connectivity index (χ4v) is 3.74. The molecule has 0 spiro atoms. The van der Waals surface area contributed by atoms with Crippen molar-refractivity contribution in [2.75, 3.05) is 11.9 Å². The molecule has 0 unspecified atom stereocenters. The van der Waals surface area contributed by atoms with Crippen molar-refractivity contribution in [1.29, 1.82) is 0 Å². The summed E-state index contributed by atoms with van der Waals surface area (Å²) in [6, 6.07) is 6.62. The van der Waals surface area contributed by atoms with Gasteiger partial charge in [-0.15, -0.1) is 17.8 Å². The molecule has 1 aromatic carbocycles. The Hall–Kier alpha value is -3.13. The molecule has 6 nitrogen and oxygen atoms in total. The zero-order valence-corrected chi connectivity index (χ0v) is 16.1. The number of anilines is 1. The van der Waals surface area contributed by atoms with Crippen LogP contribution in [0.3, 0.4) is 0 Å². The van der Waals surface area contributed by atoms with Crippen LogP contribution in [-0.4, -0.2) is 22.7 Å². The molecule has 1 heterocycles. The molecular formula is C21H20N4O2S. The number of allylic oxidation sites excluding steroid dienone is 2. The minimum atomic E-state index is -0.555. The second-order valence-electron chi connectivity index (χ2n) is 6.38. The van der Waals surface area contributed by atoms with Crippen LogP contribution < -0.4 is 10.6 Å². The summed E-state index contributed by atoms with van der Waals surface area (Å²) in [4.78, 5) is 19.9. The molecule has 0 aliphatic heterocycles. The topological polar surface area (TPSA) is 78.6 Å². The molecule has 0 saturated heterocycles. The lowest BCUT2D eigenvalue weighted by Gasteiger charge is -2.19. The highest BCUT2D eigenvalue weighted by Crippen LogP contribution is 2.33. The van der Waals surface area contributed by atoms with E-state index in [0.29, 0.717) is 10.8 Å². The maximum Gasteiger partial charge on any atom is 0.320 e. The molecule has 3 rings (SSSR count). The number of rotatable bonds is 5. The van der Waals surface area contributed by atoms with Crippen LogP contribution in [0.4, 0.5) is 10.6 Å². The quantitative estimate of drug-likeness (QED) is 0.527. The van der Waals surface area contributed by atoms with E-state index < -0.39 is 12.1 Å². The molecule has 1 atom stereocenters. The van der Waals surface area contributed by atoms with Gasteiger partial charge in [-0.2, -0.15) is 0 Å². The minimum Gasteiger partial charge on any atom is -0.394 e. The Morgan fingerprint density at radius 1 is 1.36 bits per heavy atom. The molecule has 2 aromatic rings. The third-order valence-corrected chi connectivity index (χ3v) is 5.37. The fraction of sp³-hybridized carbons (Fsp3) is 0.286. The van der Waals surface area contributed by atoms with Crippen LogP contribution in [-0.2, 0) is 0 Å². The molecule has 1 aliphatic carbocycles. The maximum atomic E-state index is 12.2. The van der Waals surface area contributed by atoms with Gasteiger partial charge in [0.15, 0.2) is 10.7 Å². The number of carbonyl (C=O) groups excluding carboxylic acids is 1. The fourth-order valence-electron chi connectivity index (χ4n) is 3.18. The molecule has 1 aliphatic rings. The van der Waals surface area contributed by atoms with E-state index >= 15 is 0 Å². The van der Waals surface area contributed by atoms with E-state index in [9.17, 15) is 9.90 Å². The Bertz CT molecular complexity index is 964. The van der Waals surface area contributed by atoms with E-state index in [-0.39, 0.29) is 6.61 Å². The number of hydrogen-bond acceptors (Lipinski definition) is 4. The summed E-state index contributed by atoms with van der Waals surface area (Å²) in [6.45, 7) is 7.12. The molecule has 0 bridgehead atoms. The third-order valence-electron chi connectivity index (χ3n) is 4.59.